The third-order valence-corrected chi connectivity index (χ3v) is 7.68. The second-order valence-corrected chi connectivity index (χ2v) is 10.6. The molecule has 25 heteroatoms. The number of rotatable bonds is 8. The van der Waals surface area contributed by atoms with Crippen molar-refractivity contribution in [1.82, 2.24) is 19.5 Å². The van der Waals surface area contributed by atoms with E-state index in [1.165, 1.54) is 0 Å². The predicted molar refractivity (Wildman–Crippen MR) is 116 cm³/mol. The maximum Gasteiger partial charge on any atom is 0.490 e. The second-order valence-electron chi connectivity index (χ2n) is 6.21. The zero-order chi connectivity index (χ0) is 24.1. The normalized spacial score (nSPS) is 25.5. The summed E-state index contributed by atoms with van der Waals surface area (Å²) < 4.78 is 51.6. The van der Waals surface area contributed by atoms with Gasteiger partial charge in [0.15, 0.2) is 17.4 Å². The van der Waals surface area contributed by atoms with Gasteiger partial charge in [-0.1, -0.05) is 0 Å². The average Bonchev–Trinajstić information content (AvgIpc) is 3.12. The molecule has 1 aliphatic heterocycles. The Morgan fingerprint density at radius 1 is 1.06 bits per heavy atom. The van der Waals surface area contributed by atoms with Crippen molar-refractivity contribution < 1.29 is 61.4 Å². The monoisotopic (exact) mass is 592 g/mol. The van der Waals surface area contributed by atoms with Gasteiger partial charge in [0.2, 0.25) is 5.95 Å². The number of fused-ring (bicyclic) bond motifs is 1. The van der Waals surface area contributed by atoms with Gasteiger partial charge in [0, 0.05) is 88.7 Å². The number of imidazole rings is 1. The topological polar surface area (TPSA) is 299 Å². The fourth-order valence-corrected chi connectivity index (χ4v) is 5.73. The van der Waals surface area contributed by atoms with Crippen LogP contribution in [-0.2, 0) is 31.6 Å². The average molecular weight is 592 g/mol. The van der Waals surface area contributed by atoms with Gasteiger partial charge in [-0.15, -0.1) is 0 Å². The number of hydrogen-bond acceptors (Lipinski definition) is 13. The Morgan fingerprint density at radius 3 is 2.23 bits per heavy atom. The van der Waals surface area contributed by atoms with Crippen molar-refractivity contribution in [2.24, 2.45) is 0 Å². The van der Waals surface area contributed by atoms with Gasteiger partial charge in [-0.05, 0) is 0 Å². The maximum atomic E-state index is 11.9. The van der Waals surface area contributed by atoms with Crippen molar-refractivity contribution in [2.45, 2.75) is 24.5 Å². The number of nitrogens with zero attached hydrogens (tertiary/aromatic N) is 3. The van der Waals surface area contributed by atoms with Gasteiger partial charge in [0.05, 0.1) is 12.9 Å². The molecule has 35 heavy (non-hydrogen) atoms. The van der Waals surface area contributed by atoms with Crippen molar-refractivity contribution in [2.75, 3.05) is 12.3 Å². The van der Waals surface area contributed by atoms with E-state index in [1.54, 1.807) is 0 Å². The number of H-pyrrole nitrogens is 1. The first-order valence-corrected chi connectivity index (χ1v) is 12.6. The van der Waals surface area contributed by atoms with Gasteiger partial charge < -0.3 is 40.3 Å². The van der Waals surface area contributed by atoms with Crippen LogP contribution in [0.5, 0.6) is 0 Å². The first-order chi connectivity index (χ1) is 14.6. The molecule has 0 aliphatic carbocycles. The third kappa shape index (κ3) is 9.54. The molecule has 0 saturated carbocycles. The molecule has 6 atom stereocenters. The standard InChI is InChI=1S/C10H16N5O14P3.3Na/c11-10-13-7-4(8(18)14-10)12-2-15(7)9-6(17)5(16)3(27-9)1-26-31(22,23)29-32(24,25)28-30(19,20)21;;;/h2-3,5-6,9,16-17H,1H2,(H,22,23)(H,24,25)(H2,19,20,21)(H3,11,13,14,18);;;. The molecule has 2 aromatic heterocycles. The number of nitrogens with two attached hydrogens (primary N) is 1. The van der Waals surface area contributed by atoms with E-state index >= 15 is 0 Å². The van der Waals surface area contributed by atoms with Crippen LogP contribution in [0.1, 0.15) is 6.23 Å². The van der Waals surface area contributed by atoms with Gasteiger partial charge in [-0.25, -0.2) is 18.7 Å². The Balaban J connectivity index is 0.00000385. The minimum absolute atomic E-state index is 0. The molecule has 3 radical (unpaired) electrons. The molecule has 0 amide bonds. The second kappa shape index (κ2) is 13.7. The van der Waals surface area contributed by atoms with Crippen LogP contribution in [0.2, 0.25) is 0 Å². The predicted octanol–water partition coefficient (Wildman–Crippen LogP) is -3.48. The van der Waals surface area contributed by atoms with Crippen LogP contribution in [0.4, 0.5) is 5.95 Å². The van der Waals surface area contributed by atoms with E-state index in [0.29, 0.717) is 0 Å². The smallest absolute Gasteiger partial charge is 0.387 e. The number of aliphatic hydroxyl groups is 2. The molecule has 9 N–H and O–H groups in total. The van der Waals surface area contributed by atoms with Crippen LogP contribution in [0.15, 0.2) is 11.1 Å². The largest absolute Gasteiger partial charge is 0.490 e. The molecule has 183 valence electrons. The van der Waals surface area contributed by atoms with Crippen molar-refractivity contribution >= 4 is 129 Å². The number of anilines is 1. The van der Waals surface area contributed by atoms with E-state index in [-0.39, 0.29) is 106 Å². The summed E-state index contributed by atoms with van der Waals surface area (Å²) >= 11 is 0. The number of nitrogen functional groups attached to an aromatic ring is 1. The molecule has 6 unspecified atom stereocenters. The number of phosphoric ester groups is 1. The summed E-state index contributed by atoms with van der Waals surface area (Å²) in [6, 6.07) is 0. The SMILES string of the molecule is Nc1nc2c(ncn2C2OC(COP(=O)(O)OP(=O)(O)OP(=O)(O)O)C(O)C2O)c(=O)[nH]1.[Na].[Na].[Na]. The summed E-state index contributed by atoms with van der Waals surface area (Å²) in [5.74, 6) is -0.276. The van der Waals surface area contributed by atoms with Gasteiger partial charge >= 0.3 is 23.5 Å². The molecule has 0 bridgehead atoms. The van der Waals surface area contributed by atoms with Crippen molar-refractivity contribution in [3.05, 3.63) is 16.7 Å². The number of aliphatic hydroxyl groups excluding tert-OH is 2. The Hall–Kier alpha value is 1.44. The molecule has 0 aromatic carbocycles. The van der Waals surface area contributed by atoms with Crippen molar-refractivity contribution in [3.8, 4) is 0 Å². The Labute approximate surface area is 261 Å². The molecular formula is C10H16N5Na3O14P3. The number of ether oxygens (including phenoxy) is 1. The van der Waals surface area contributed by atoms with Gasteiger partial charge in [-0.3, -0.25) is 18.9 Å². The summed E-state index contributed by atoms with van der Waals surface area (Å²) in [7, 11) is -16.8. The Morgan fingerprint density at radius 2 is 1.66 bits per heavy atom. The summed E-state index contributed by atoms with van der Waals surface area (Å²) in [5.41, 5.74) is 4.50. The van der Waals surface area contributed by atoms with Crippen LogP contribution in [0.25, 0.3) is 11.2 Å². The van der Waals surface area contributed by atoms with Crippen LogP contribution < -0.4 is 11.3 Å². The third-order valence-electron chi connectivity index (χ3n) is 3.88. The molecular weight excluding hydrogens is 576 g/mol. The van der Waals surface area contributed by atoms with E-state index in [2.05, 4.69) is 28.1 Å². The molecule has 1 fully saturated rings. The molecule has 0 spiro atoms. The van der Waals surface area contributed by atoms with Crippen molar-refractivity contribution in [3.63, 3.8) is 0 Å². The molecule has 3 rings (SSSR count). The zero-order valence-corrected chi connectivity index (χ0v) is 27.0. The Kier molecular flexibility index (Phi) is 14.2. The first-order valence-electron chi connectivity index (χ1n) is 8.11. The van der Waals surface area contributed by atoms with E-state index in [9.17, 15) is 33.6 Å². The molecule has 3 heterocycles. The van der Waals surface area contributed by atoms with Gasteiger partial charge in [0.25, 0.3) is 5.56 Å². The first kappa shape index (κ1) is 36.4. The van der Waals surface area contributed by atoms with Crippen LogP contribution in [0, 0.1) is 0 Å². The summed E-state index contributed by atoms with van der Waals surface area (Å²) in [5, 5.41) is 20.4. The molecule has 1 aliphatic rings. The van der Waals surface area contributed by atoms with E-state index < -0.39 is 60.2 Å². The molecule has 2 aromatic rings. The quantitative estimate of drug-likeness (QED) is 0.109. The van der Waals surface area contributed by atoms with Gasteiger partial charge in [-0.2, -0.15) is 13.6 Å². The molecule has 1 saturated heterocycles. The van der Waals surface area contributed by atoms with E-state index in [1.807, 2.05) is 0 Å². The molecule has 19 nitrogen and oxygen atoms in total. The minimum atomic E-state index is -5.73. The number of aromatic nitrogens is 4. The summed E-state index contributed by atoms with van der Waals surface area (Å²) in [6.07, 6.45) is -5.33. The fraction of sp³-hybridized carbons (Fsp3) is 0.500. The fourth-order valence-electron chi connectivity index (χ4n) is 2.70. The van der Waals surface area contributed by atoms with Crippen LogP contribution in [-0.4, -0.2) is 163 Å². The van der Waals surface area contributed by atoms with Gasteiger partial charge in [0.1, 0.15) is 18.3 Å². The van der Waals surface area contributed by atoms with Crippen molar-refractivity contribution in [1.29, 1.82) is 0 Å². The summed E-state index contributed by atoms with van der Waals surface area (Å²) in [6.45, 7) is -1.01. The maximum absolute atomic E-state index is 11.9. The Bertz CT molecular complexity index is 1220. The minimum Gasteiger partial charge on any atom is -0.387 e. The van der Waals surface area contributed by atoms with E-state index in [4.69, 9.17) is 25.2 Å². The number of phosphoric acid groups is 3. The van der Waals surface area contributed by atoms with Crippen LogP contribution >= 0.6 is 23.5 Å². The number of hydrogen-bond donors (Lipinski definition) is 8. The zero-order valence-electron chi connectivity index (χ0n) is 18.3. The van der Waals surface area contributed by atoms with Crippen LogP contribution in [0.3, 0.4) is 0 Å². The number of aromatic amines is 1. The summed E-state index contributed by atoms with van der Waals surface area (Å²) in [4.78, 5) is 57.3. The van der Waals surface area contributed by atoms with E-state index in [0.717, 1.165) is 10.9 Å². The number of nitrogens with one attached hydrogen (secondary N) is 1.